The summed E-state index contributed by atoms with van der Waals surface area (Å²) in [5, 5.41) is -1.31. The molecule has 0 radical (unpaired) electrons. The van der Waals surface area contributed by atoms with Gasteiger partial charge in [0.1, 0.15) is 0 Å². The van der Waals surface area contributed by atoms with E-state index < -0.39 is 20.8 Å². The summed E-state index contributed by atoms with van der Waals surface area (Å²) in [4.78, 5) is 7.78. The van der Waals surface area contributed by atoms with E-state index in [1.807, 2.05) is 30.3 Å². The van der Waals surface area contributed by atoms with Crippen LogP contribution in [0, 0.1) is 0 Å². The predicted octanol–water partition coefficient (Wildman–Crippen LogP) is 4.59. The molecule has 0 spiro atoms. The third-order valence-corrected chi connectivity index (χ3v) is 5.75. The number of nitrogens with zero attached hydrogens (tertiary/aromatic N) is 2. The SMILES string of the molecule is O=S(=O)(CCCCc1ccccc1)/C(F)=C(\Oc1ncccn1)c1ccccc1. The van der Waals surface area contributed by atoms with Crippen LogP contribution in [0.25, 0.3) is 5.76 Å². The average molecular weight is 412 g/mol. The van der Waals surface area contributed by atoms with Crippen LogP contribution in [-0.2, 0) is 16.3 Å². The highest BCUT2D eigenvalue weighted by molar-refractivity contribution is 7.95. The van der Waals surface area contributed by atoms with E-state index in [9.17, 15) is 8.42 Å². The molecule has 0 aliphatic carbocycles. The Bertz CT molecular complexity index is 1040. The first-order valence-corrected chi connectivity index (χ1v) is 10.9. The van der Waals surface area contributed by atoms with Crippen molar-refractivity contribution in [1.29, 1.82) is 0 Å². The van der Waals surface area contributed by atoms with Gasteiger partial charge in [-0.25, -0.2) is 18.4 Å². The fraction of sp³-hybridized carbons (Fsp3) is 0.182. The molecule has 150 valence electrons. The Morgan fingerprint density at radius 1 is 0.862 bits per heavy atom. The van der Waals surface area contributed by atoms with Crippen molar-refractivity contribution in [2.45, 2.75) is 19.3 Å². The third-order valence-electron chi connectivity index (χ3n) is 4.19. The molecule has 5 nitrogen and oxygen atoms in total. The largest absolute Gasteiger partial charge is 0.420 e. The Morgan fingerprint density at radius 2 is 1.48 bits per heavy atom. The van der Waals surface area contributed by atoms with E-state index in [1.54, 1.807) is 36.4 Å². The maximum Gasteiger partial charge on any atom is 0.321 e. The number of hydrogen-bond acceptors (Lipinski definition) is 5. The summed E-state index contributed by atoms with van der Waals surface area (Å²) in [6, 6.07) is 19.4. The van der Waals surface area contributed by atoms with E-state index >= 15 is 4.39 Å². The van der Waals surface area contributed by atoms with Crippen LogP contribution < -0.4 is 4.74 Å². The van der Waals surface area contributed by atoms with Gasteiger partial charge in [-0.1, -0.05) is 60.7 Å². The number of ether oxygens (including phenoxy) is 1. The number of sulfone groups is 1. The zero-order valence-electron chi connectivity index (χ0n) is 15.7. The number of hydrogen-bond donors (Lipinski definition) is 0. The minimum Gasteiger partial charge on any atom is -0.420 e. The predicted molar refractivity (Wildman–Crippen MR) is 110 cm³/mol. The average Bonchev–Trinajstić information content (AvgIpc) is 2.77. The lowest BCUT2D eigenvalue weighted by Crippen LogP contribution is -2.12. The molecule has 0 saturated heterocycles. The van der Waals surface area contributed by atoms with Crippen LogP contribution in [0.4, 0.5) is 4.39 Å². The Hall–Kier alpha value is -3.06. The molecule has 3 aromatic rings. The molecule has 0 saturated carbocycles. The van der Waals surface area contributed by atoms with Crippen molar-refractivity contribution in [2.75, 3.05) is 5.75 Å². The Balaban J connectivity index is 1.76. The Kier molecular flexibility index (Phi) is 7.08. The molecule has 0 aliphatic rings. The van der Waals surface area contributed by atoms with E-state index in [2.05, 4.69) is 9.97 Å². The maximum absolute atomic E-state index is 15.1. The highest BCUT2D eigenvalue weighted by atomic mass is 32.2. The van der Waals surface area contributed by atoms with Gasteiger partial charge in [0.15, 0.2) is 5.76 Å². The first-order chi connectivity index (χ1) is 14.1. The third kappa shape index (κ3) is 5.96. The lowest BCUT2D eigenvalue weighted by Gasteiger charge is -2.11. The van der Waals surface area contributed by atoms with Gasteiger partial charge < -0.3 is 4.74 Å². The highest BCUT2D eigenvalue weighted by Gasteiger charge is 2.25. The van der Waals surface area contributed by atoms with Crippen molar-refractivity contribution in [1.82, 2.24) is 9.97 Å². The second-order valence-electron chi connectivity index (χ2n) is 6.36. The molecule has 7 heteroatoms. The quantitative estimate of drug-likeness (QED) is 0.380. The molecule has 0 fully saturated rings. The monoisotopic (exact) mass is 412 g/mol. The van der Waals surface area contributed by atoms with Crippen LogP contribution in [0.2, 0.25) is 0 Å². The van der Waals surface area contributed by atoms with E-state index in [-0.39, 0.29) is 11.8 Å². The van der Waals surface area contributed by atoms with Crippen LogP contribution in [-0.4, -0.2) is 24.1 Å². The number of halogens is 1. The van der Waals surface area contributed by atoms with Crippen molar-refractivity contribution in [2.24, 2.45) is 0 Å². The highest BCUT2D eigenvalue weighted by Crippen LogP contribution is 2.26. The van der Waals surface area contributed by atoms with Crippen LogP contribution in [0.1, 0.15) is 24.0 Å². The van der Waals surface area contributed by atoms with Crippen molar-refractivity contribution in [3.63, 3.8) is 0 Å². The smallest absolute Gasteiger partial charge is 0.321 e. The summed E-state index contributed by atoms with van der Waals surface area (Å²) in [6.07, 6.45) is 4.58. The van der Waals surface area contributed by atoms with Crippen LogP contribution >= 0.6 is 0 Å². The molecule has 0 aliphatic heterocycles. The van der Waals surface area contributed by atoms with Crippen LogP contribution in [0.3, 0.4) is 0 Å². The van der Waals surface area contributed by atoms with Crippen LogP contribution in [0.5, 0.6) is 6.01 Å². The standard InChI is InChI=1S/C22H21FN2O3S/c23-21(29(26,27)17-8-7-12-18-10-3-1-4-11-18)20(19-13-5-2-6-14-19)28-22-24-15-9-16-25-22/h1-6,9-11,13-16H,7-8,12,17H2/b21-20-. The van der Waals surface area contributed by atoms with Gasteiger partial charge in [0.25, 0.3) is 5.16 Å². The molecule has 2 aromatic carbocycles. The summed E-state index contributed by atoms with van der Waals surface area (Å²) in [5.41, 5.74) is 1.42. The molecule has 1 aromatic heterocycles. The number of rotatable bonds is 9. The zero-order chi connectivity index (χ0) is 20.5. The van der Waals surface area contributed by atoms with Gasteiger partial charge in [0.2, 0.25) is 9.84 Å². The zero-order valence-corrected chi connectivity index (χ0v) is 16.6. The topological polar surface area (TPSA) is 69.2 Å². The first kappa shape index (κ1) is 20.7. The number of benzene rings is 2. The van der Waals surface area contributed by atoms with Gasteiger partial charge in [-0.3, -0.25) is 0 Å². The van der Waals surface area contributed by atoms with Crippen LogP contribution in [0.15, 0.2) is 84.3 Å². The number of aryl methyl sites for hydroxylation is 1. The van der Waals surface area contributed by atoms with Gasteiger partial charge in [0, 0.05) is 18.0 Å². The molecule has 1 heterocycles. The van der Waals surface area contributed by atoms with E-state index in [0.717, 1.165) is 12.0 Å². The second-order valence-corrected chi connectivity index (χ2v) is 8.36. The lowest BCUT2D eigenvalue weighted by atomic mass is 10.1. The molecule has 0 amide bonds. The maximum atomic E-state index is 15.1. The number of aromatic nitrogens is 2. The molecule has 0 N–H and O–H groups in total. The van der Waals surface area contributed by atoms with E-state index in [0.29, 0.717) is 18.4 Å². The molecule has 29 heavy (non-hydrogen) atoms. The molecular formula is C22H21FN2O3S. The van der Waals surface area contributed by atoms with Crippen molar-refractivity contribution in [3.05, 3.63) is 95.4 Å². The van der Waals surface area contributed by atoms with Gasteiger partial charge in [-0.15, -0.1) is 0 Å². The fourth-order valence-corrected chi connectivity index (χ4v) is 3.93. The summed E-state index contributed by atoms with van der Waals surface area (Å²) in [6.45, 7) is 0. The molecule has 0 atom stereocenters. The van der Waals surface area contributed by atoms with Crippen molar-refractivity contribution >= 4 is 15.6 Å². The summed E-state index contributed by atoms with van der Waals surface area (Å²) in [5.74, 6) is -0.707. The summed E-state index contributed by atoms with van der Waals surface area (Å²) >= 11 is 0. The van der Waals surface area contributed by atoms with Crippen molar-refractivity contribution in [3.8, 4) is 6.01 Å². The van der Waals surface area contributed by atoms with Crippen molar-refractivity contribution < 1.29 is 17.5 Å². The van der Waals surface area contributed by atoms with E-state index in [1.165, 1.54) is 12.4 Å². The Labute approximate surface area is 169 Å². The lowest BCUT2D eigenvalue weighted by molar-refractivity contribution is 0.454. The molecule has 0 unspecified atom stereocenters. The van der Waals surface area contributed by atoms with Gasteiger partial charge in [-0.2, -0.15) is 4.39 Å². The molecule has 3 rings (SSSR count). The fourth-order valence-electron chi connectivity index (χ4n) is 2.73. The Morgan fingerprint density at radius 3 is 2.14 bits per heavy atom. The normalized spacial score (nSPS) is 12.3. The summed E-state index contributed by atoms with van der Waals surface area (Å²) in [7, 11) is -4.15. The van der Waals surface area contributed by atoms with E-state index in [4.69, 9.17) is 4.74 Å². The first-order valence-electron chi connectivity index (χ1n) is 9.23. The van der Waals surface area contributed by atoms with Gasteiger partial charge in [-0.05, 0) is 30.9 Å². The van der Waals surface area contributed by atoms with Gasteiger partial charge in [0.05, 0.1) is 5.75 Å². The second kappa shape index (κ2) is 9.93. The molecule has 0 bridgehead atoms. The minimum atomic E-state index is -4.15. The van der Waals surface area contributed by atoms with Gasteiger partial charge >= 0.3 is 6.01 Å². The minimum absolute atomic E-state index is 0.124. The number of unbranched alkanes of at least 4 members (excludes halogenated alkanes) is 1. The summed E-state index contributed by atoms with van der Waals surface area (Å²) < 4.78 is 45.7. The molecular weight excluding hydrogens is 391 g/mol.